The van der Waals surface area contributed by atoms with Gasteiger partial charge in [0.2, 0.25) is 0 Å². The molecule has 3 nitrogen and oxygen atoms in total. The molecular weight excluding hydrogens is 872 g/mol. The summed E-state index contributed by atoms with van der Waals surface area (Å²) >= 11 is 0. The van der Waals surface area contributed by atoms with E-state index in [4.69, 9.17) is 4.42 Å². The summed E-state index contributed by atoms with van der Waals surface area (Å²) in [5.41, 5.74) is 27.7. The molecule has 4 heteroatoms. The van der Waals surface area contributed by atoms with E-state index in [-0.39, 0.29) is 44.6 Å². The first-order chi connectivity index (χ1) is 33.6. The lowest BCUT2D eigenvalue weighted by Crippen LogP contribution is -2.61. The maximum Gasteiger partial charge on any atom is 0.297 e. The Morgan fingerprint density at radius 3 is 1.44 bits per heavy atom. The zero-order valence-electron chi connectivity index (χ0n) is 46.9. The topological polar surface area (TPSA) is 19.6 Å². The second kappa shape index (κ2) is 15.1. The summed E-state index contributed by atoms with van der Waals surface area (Å²) < 4.78 is 7.60. The SMILES string of the molecule is Cc1cccc(C)c1-c1cc2c3c(c1)N(c1ccc4c(c1)C(C)(C)CCC4(C)C)c1c(oc4ccc(C(C)(C)C)cc14)B3c1cc3c(cc1N2c1ccc2c(c1)C(C)(C)CCC2(C)C)C(C)(C)CCC3(C)C. The standard InChI is InChI=1S/C68H79BN2O/c1-40-19-18-20-41(2)58(40)42-33-55-59-56(34-42)71(45-23-25-48-50(37-45)66(12,13)30-28-64(48,8)9)60-46-35-43(62(3,4)5)21-26-57(46)72-61(60)69(59)53-38-51-52(68(16,17)32-31-67(51,14)15)39-54(53)70(55)44-22-24-47-49(36-44)65(10,11)29-27-63(47,6)7/h18-26,33-39H,27-32H2,1-17H3. The van der Waals surface area contributed by atoms with Gasteiger partial charge in [-0.05, 0) is 217 Å². The van der Waals surface area contributed by atoms with E-state index in [1.54, 1.807) is 0 Å². The molecule has 370 valence electrons. The molecule has 0 saturated carbocycles. The third kappa shape index (κ3) is 6.88. The highest BCUT2D eigenvalue weighted by molar-refractivity contribution is 7.00. The average molecular weight is 951 g/mol. The number of benzene rings is 6. The van der Waals surface area contributed by atoms with Gasteiger partial charge in [0.25, 0.3) is 6.71 Å². The largest absolute Gasteiger partial charge is 0.468 e. The summed E-state index contributed by atoms with van der Waals surface area (Å²) in [5.74, 6) is 0. The van der Waals surface area contributed by atoms with E-state index >= 15 is 0 Å². The van der Waals surface area contributed by atoms with Crippen LogP contribution in [0.1, 0.15) is 192 Å². The lowest BCUT2D eigenvalue weighted by atomic mass is 9.35. The van der Waals surface area contributed by atoms with E-state index in [1.165, 1.54) is 131 Å². The molecule has 6 aromatic carbocycles. The molecular formula is C68H79BN2O. The van der Waals surface area contributed by atoms with Gasteiger partial charge in [0.05, 0.1) is 11.3 Å². The van der Waals surface area contributed by atoms with Crippen molar-refractivity contribution < 1.29 is 4.42 Å². The Balaban J connectivity index is 1.26. The summed E-state index contributed by atoms with van der Waals surface area (Å²) in [5, 5.41) is 1.18. The normalized spacial score (nSPS) is 20.3. The van der Waals surface area contributed by atoms with Crippen LogP contribution >= 0.6 is 0 Å². The van der Waals surface area contributed by atoms with Crippen LogP contribution in [0.4, 0.5) is 34.1 Å². The second-order valence-electron chi connectivity index (χ2n) is 28.3. The van der Waals surface area contributed by atoms with E-state index < -0.39 is 0 Å². The predicted octanol–water partition coefficient (Wildman–Crippen LogP) is 17.1. The van der Waals surface area contributed by atoms with Gasteiger partial charge >= 0.3 is 0 Å². The molecule has 0 radical (unpaired) electrons. The Kier molecular flexibility index (Phi) is 9.95. The molecule has 12 rings (SSSR count). The first-order valence-electron chi connectivity index (χ1n) is 27.5. The van der Waals surface area contributed by atoms with Crippen LogP contribution < -0.4 is 26.4 Å². The number of fused-ring (bicyclic) bond motifs is 9. The Morgan fingerprint density at radius 1 is 0.472 bits per heavy atom. The van der Waals surface area contributed by atoms with Crippen molar-refractivity contribution in [1.82, 2.24) is 0 Å². The minimum atomic E-state index is -0.142. The molecule has 3 aliphatic carbocycles. The number of rotatable bonds is 3. The van der Waals surface area contributed by atoms with E-state index in [0.717, 1.165) is 30.5 Å². The highest BCUT2D eigenvalue weighted by atomic mass is 16.3. The highest BCUT2D eigenvalue weighted by Gasteiger charge is 2.50. The van der Waals surface area contributed by atoms with Crippen LogP contribution in [0.3, 0.4) is 0 Å². The smallest absolute Gasteiger partial charge is 0.297 e. The molecule has 0 N–H and O–H groups in total. The van der Waals surface area contributed by atoms with Crippen LogP contribution in [0, 0.1) is 13.8 Å². The van der Waals surface area contributed by atoms with Crippen LogP contribution in [-0.4, -0.2) is 6.71 Å². The van der Waals surface area contributed by atoms with Crippen LogP contribution in [0.5, 0.6) is 0 Å². The fourth-order valence-corrected chi connectivity index (χ4v) is 14.4. The molecule has 0 fully saturated rings. The van der Waals surface area contributed by atoms with Crippen molar-refractivity contribution in [3.63, 3.8) is 0 Å². The molecule has 2 aliphatic heterocycles. The molecule has 7 aromatic rings. The Hall–Kier alpha value is -5.48. The van der Waals surface area contributed by atoms with Crippen molar-refractivity contribution in [2.75, 3.05) is 9.80 Å². The van der Waals surface area contributed by atoms with Crippen molar-refractivity contribution in [2.45, 2.75) is 194 Å². The van der Waals surface area contributed by atoms with Crippen molar-refractivity contribution >= 4 is 68.4 Å². The summed E-state index contributed by atoms with van der Waals surface area (Å²) in [6.07, 6.45) is 7.00. The fourth-order valence-electron chi connectivity index (χ4n) is 14.4. The monoisotopic (exact) mass is 951 g/mol. The molecule has 1 aromatic heterocycles. The third-order valence-corrected chi connectivity index (χ3v) is 19.5. The summed E-state index contributed by atoms with van der Waals surface area (Å²) in [6, 6.07) is 39.4. The number of hydrogen-bond donors (Lipinski definition) is 0. The summed E-state index contributed by atoms with van der Waals surface area (Å²) in [4.78, 5) is 5.37. The molecule has 0 bridgehead atoms. The van der Waals surface area contributed by atoms with Crippen LogP contribution in [0.25, 0.3) is 22.1 Å². The first-order valence-corrected chi connectivity index (χ1v) is 27.5. The maximum absolute atomic E-state index is 7.60. The van der Waals surface area contributed by atoms with Crippen molar-refractivity contribution in [3.8, 4) is 11.1 Å². The fraction of sp³-hybridized carbons (Fsp3) is 0.441. The lowest BCUT2D eigenvalue weighted by molar-refractivity contribution is 0.332. The molecule has 0 unspecified atom stereocenters. The molecule has 3 heterocycles. The molecule has 0 atom stereocenters. The number of hydrogen-bond acceptors (Lipinski definition) is 3. The van der Waals surface area contributed by atoms with E-state index in [9.17, 15) is 0 Å². The van der Waals surface area contributed by atoms with Gasteiger partial charge < -0.3 is 14.2 Å². The predicted molar refractivity (Wildman–Crippen MR) is 310 cm³/mol. The second-order valence-corrected chi connectivity index (χ2v) is 28.3. The Bertz CT molecular complexity index is 3430. The van der Waals surface area contributed by atoms with Gasteiger partial charge in [-0.15, -0.1) is 0 Å². The molecule has 0 spiro atoms. The number of nitrogens with zero attached hydrogens (tertiary/aromatic N) is 2. The van der Waals surface area contributed by atoms with Gasteiger partial charge in [-0.1, -0.05) is 146 Å². The first kappa shape index (κ1) is 47.5. The van der Waals surface area contributed by atoms with Crippen molar-refractivity contribution in [1.29, 1.82) is 0 Å². The van der Waals surface area contributed by atoms with Crippen molar-refractivity contribution in [2.24, 2.45) is 0 Å². The van der Waals surface area contributed by atoms with Gasteiger partial charge in [0.1, 0.15) is 5.58 Å². The zero-order valence-corrected chi connectivity index (χ0v) is 46.9. The van der Waals surface area contributed by atoms with Gasteiger partial charge in [-0.2, -0.15) is 0 Å². The summed E-state index contributed by atoms with van der Waals surface area (Å²) in [7, 11) is 0. The molecule has 5 aliphatic rings. The van der Waals surface area contributed by atoms with Crippen LogP contribution in [-0.2, 0) is 37.9 Å². The van der Waals surface area contributed by atoms with E-state index in [0.29, 0.717) is 0 Å². The summed E-state index contributed by atoms with van der Waals surface area (Å²) in [6.45, 7) is 41.1. The molecule has 0 amide bonds. The van der Waals surface area contributed by atoms with Gasteiger partial charge in [0, 0.05) is 33.8 Å². The number of anilines is 6. The number of furan rings is 1. The van der Waals surface area contributed by atoms with Crippen LogP contribution in [0.15, 0.2) is 101 Å². The third-order valence-electron chi connectivity index (χ3n) is 19.5. The minimum Gasteiger partial charge on any atom is -0.468 e. The highest BCUT2D eigenvalue weighted by Crippen LogP contribution is 2.55. The average Bonchev–Trinajstić information content (AvgIpc) is 3.68. The quantitative estimate of drug-likeness (QED) is 0.165. The lowest BCUT2D eigenvalue weighted by Gasteiger charge is -2.47. The van der Waals surface area contributed by atoms with Gasteiger partial charge in [0.15, 0.2) is 0 Å². The zero-order chi connectivity index (χ0) is 51.2. The maximum atomic E-state index is 7.60. The van der Waals surface area contributed by atoms with Crippen molar-refractivity contribution in [3.05, 3.63) is 147 Å². The van der Waals surface area contributed by atoms with Gasteiger partial charge in [-0.3, -0.25) is 0 Å². The van der Waals surface area contributed by atoms with E-state index in [2.05, 4.69) is 225 Å². The van der Waals surface area contributed by atoms with Crippen LogP contribution in [0.2, 0.25) is 0 Å². The Morgan fingerprint density at radius 2 is 0.931 bits per heavy atom. The Labute approximate surface area is 432 Å². The van der Waals surface area contributed by atoms with Gasteiger partial charge in [-0.25, -0.2) is 0 Å². The minimum absolute atomic E-state index is 0.0181. The molecule has 72 heavy (non-hydrogen) atoms. The number of aryl methyl sites for hydroxylation is 2. The van der Waals surface area contributed by atoms with E-state index in [1.807, 2.05) is 0 Å². The molecule has 0 saturated heterocycles.